The number of carbonyl (C=O) groups excluding carboxylic acids is 1. The molecule has 0 spiro atoms. The van der Waals surface area contributed by atoms with Crippen LogP contribution in [0.3, 0.4) is 0 Å². The normalized spacial score (nSPS) is 15.8. The van der Waals surface area contributed by atoms with Gasteiger partial charge in [0, 0.05) is 29.3 Å². The fourth-order valence-electron chi connectivity index (χ4n) is 3.05. The van der Waals surface area contributed by atoms with Crippen molar-refractivity contribution in [3.8, 4) is 11.5 Å². The maximum absolute atomic E-state index is 12.3. The Balaban J connectivity index is 1.73. The van der Waals surface area contributed by atoms with E-state index in [1.807, 2.05) is 26.0 Å². The third-order valence-electron chi connectivity index (χ3n) is 4.44. The van der Waals surface area contributed by atoms with Crippen LogP contribution in [-0.2, 0) is 21.2 Å². The van der Waals surface area contributed by atoms with Crippen molar-refractivity contribution >= 4 is 27.7 Å². The van der Waals surface area contributed by atoms with Crippen molar-refractivity contribution in [3.05, 3.63) is 53.6 Å². The molecular formula is C21H24N2O5S. The molecular weight excluding hydrogens is 392 g/mol. The van der Waals surface area contributed by atoms with Crippen LogP contribution in [0.4, 0.5) is 5.69 Å². The Bertz CT molecular complexity index is 1030. The lowest BCUT2D eigenvalue weighted by Gasteiger charge is -2.10. The van der Waals surface area contributed by atoms with E-state index in [9.17, 15) is 13.2 Å². The van der Waals surface area contributed by atoms with Crippen molar-refractivity contribution in [2.75, 3.05) is 19.0 Å². The number of sulfonamides is 1. The van der Waals surface area contributed by atoms with Gasteiger partial charge in [-0.05, 0) is 63.4 Å². The molecule has 8 heteroatoms. The zero-order chi connectivity index (χ0) is 21.0. The first-order valence-corrected chi connectivity index (χ1v) is 10.8. The Hall–Kier alpha value is -2.84. The van der Waals surface area contributed by atoms with E-state index in [0.29, 0.717) is 18.0 Å². The van der Waals surface area contributed by atoms with E-state index in [-0.39, 0.29) is 16.9 Å². The lowest BCUT2D eigenvalue weighted by atomic mass is 10.1. The van der Waals surface area contributed by atoms with Gasteiger partial charge in [-0.15, -0.1) is 0 Å². The average molecular weight is 416 g/mol. The van der Waals surface area contributed by atoms with Crippen LogP contribution < -0.4 is 19.5 Å². The predicted octanol–water partition coefficient (Wildman–Crippen LogP) is 2.97. The molecule has 1 aliphatic heterocycles. The summed E-state index contributed by atoms with van der Waals surface area (Å²) in [5.74, 6) is 1.17. The number of amides is 1. The summed E-state index contributed by atoms with van der Waals surface area (Å²) in [6, 6.07) is 9.76. The molecule has 2 aromatic rings. The van der Waals surface area contributed by atoms with Crippen LogP contribution in [0.1, 0.15) is 25.0 Å². The molecule has 154 valence electrons. The van der Waals surface area contributed by atoms with E-state index in [4.69, 9.17) is 9.47 Å². The Morgan fingerprint density at radius 1 is 1.28 bits per heavy atom. The van der Waals surface area contributed by atoms with Crippen molar-refractivity contribution in [3.63, 3.8) is 0 Å². The summed E-state index contributed by atoms with van der Waals surface area (Å²) in [5.41, 5.74) is 2.34. The summed E-state index contributed by atoms with van der Waals surface area (Å²) in [5, 5.41) is 2.71. The lowest BCUT2D eigenvalue weighted by Crippen LogP contribution is -2.18. The van der Waals surface area contributed by atoms with E-state index in [1.54, 1.807) is 6.08 Å². The zero-order valence-electron chi connectivity index (χ0n) is 16.6. The second-order valence-corrected chi connectivity index (χ2v) is 8.50. The van der Waals surface area contributed by atoms with Crippen LogP contribution in [0.2, 0.25) is 0 Å². The van der Waals surface area contributed by atoms with Gasteiger partial charge in [-0.25, -0.2) is 13.1 Å². The average Bonchev–Trinajstić information content (AvgIpc) is 3.05. The topological polar surface area (TPSA) is 93.7 Å². The number of anilines is 1. The van der Waals surface area contributed by atoms with Crippen LogP contribution in [-0.4, -0.2) is 34.1 Å². The molecule has 1 aliphatic rings. The van der Waals surface area contributed by atoms with E-state index in [0.717, 1.165) is 23.3 Å². The minimum Gasteiger partial charge on any atom is -0.493 e. The maximum atomic E-state index is 12.3. The number of benzene rings is 2. The molecule has 3 rings (SSSR count). The Morgan fingerprint density at radius 2 is 2.00 bits per heavy atom. The molecule has 29 heavy (non-hydrogen) atoms. The zero-order valence-corrected chi connectivity index (χ0v) is 17.4. The Labute approximate surface area is 170 Å². The minimum atomic E-state index is -3.51. The van der Waals surface area contributed by atoms with Crippen molar-refractivity contribution in [2.24, 2.45) is 0 Å². The molecule has 7 nitrogen and oxygen atoms in total. The second kappa shape index (κ2) is 8.67. The van der Waals surface area contributed by atoms with Crippen LogP contribution in [0.25, 0.3) is 6.08 Å². The van der Waals surface area contributed by atoms with Gasteiger partial charge in [0.25, 0.3) is 0 Å². The predicted molar refractivity (Wildman–Crippen MR) is 112 cm³/mol. The van der Waals surface area contributed by atoms with Gasteiger partial charge in [-0.2, -0.15) is 0 Å². The van der Waals surface area contributed by atoms with Crippen LogP contribution in [0, 0.1) is 0 Å². The number of ether oxygens (including phenoxy) is 2. The quantitative estimate of drug-likeness (QED) is 0.677. The standard InChI is InChI=1S/C21H24N2O5S/c1-4-27-19-13-16-11-14(2)28-20(16)12-15(19)5-10-21(24)23-17-6-8-18(9-7-17)29(25,26)22-3/h5-10,12-14,22H,4,11H2,1-3H3,(H,23,24)/b10-5+/t14-/m1/s1. The van der Waals surface area contributed by atoms with Gasteiger partial charge < -0.3 is 14.8 Å². The molecule has 0 aromatic heterocycles. The summed E-state index contributed by atoms with van der Waals surface area (Å²) >= 11 is 0. The number of carbonyl (C=O) groups is 1. The van der Waals surface area contributed by atoms with E-state index >= 15 is 0 Å². The highest BCUT2D eigenvalue weighted by Crippen LogP contribution is 2.35. The van der Waals surface area contributed by atoms with Gasteiger partial charge >= 0.3 is 0 Å². The molecule has 0 aliphatic carbocycles. The molecule has 2 aromatic carbocycles. The minimum absolute atomic E-state index is 0.122. The number of hydrogen-bond donors (Lipinski definition) is 2. The fourth-order valence-corrected chi connectivity index (χ4v) is 3.78. The van der Waals surface area contributed by atoms with Gasteiger partial charge in [0.15, 0.2) is 0 Å². The molecule has 0 saturated carbocycles. The second-order valence-electron chi connectivity index (χ2n) is 6.62. The van der Waals surface area contributed by atoms with E-state index in [2.05, 4.69) is 10.0 Å². The third-order valence-corrected chi connectivity index (χ3v) is 5.87. The first-order valence-electron chi connectivity index (χ1n) is 9.31. The SMILES string of the molecule is CCOc1cc2c(cc1/C=C/C(=O)Nc1ccc(S(=O)(=O)NC)cc1)O[C@H](C)C2. The Kier molecular flexibility index (Phi) is 6.24. The van der Waals surface area contributed by atoms with E-state index < -0.39 is 10.0 Å². The highest BCUT2D eigenvalue weighted by molar-refractivity contribution is 7.89. The smallest absolute Gasteiger partial charge is 0.248 e. The number of hydrogen-bond acceptors (Lipinski definition) is 5. The van der Waals surface area contributed by atoms with Crippen LogP contribution >= 0.6 is 0 Å². The highest BCUT2D eigenvalue weighted by atomic mass is 32.2. The van der Waals surface area contributed by atoms with Crippen molar-refractivity contribution < 1.29 is 22.7 Å². The molecule has 0 radical (unpaired) electrons. The molecule has 0 bridgehead atoms. The van der Waals surface area contributed by atoms with E-state index in [1.165, 1.54) is 37.4 Å². The van der Waals surface area contributed by atoms with Crippen molar-refractivity contribution in [1.29, 1.82) is 0 Å². The molecule has 1 heterocycles. The molecule has 1 atom stereocenters. The van der Waals surface area contributed by atoms with Gasteiger partial charge in [-0.1, -0.05) is 0 Å². The van der Waals surface area contributed by atoms with Gasteiger partial charge in [0.1, 0.15) is 17.6 Å². The third kappa shape index (κ3) is 4.96. The lowest BCUT2D eigenvalue weighted by molar-refractivity contribution is -0.111. The first-order chi connectivity index (χ1) is 13.8. The molecule has 0 unspecified atom stereocenters. The Morgan fingerprint density at radius 3 is 2.66 bits per heavy atom. The molecule has 0 fully saturated rings. The van der Waals surface area contributed by atoms with Crippen LogP contribution in [0.15, 0.2) is 47.4 Å². The van der Waals surface area contributed by atoms with Gasteiger partial charge in [-0.3, -0.25) is 4.79 Å². The van der Waals surface area contributed by atoms with Gasteiger partial charge in [0.05, 0.1) is 11.5 Å². The largest absolute Gasteiger partial charge is 0.493 e. The monoisotopic (exact) mass is 416 g/mol. The number of rotatable bonds is 7. The fraction of sp³-hybridized carbons (Fsp3) is 0.286. The number of fused-ring (bicyclic) bond motifs is 1. The summed E-state index contributed by atoms with van der Waals surface area (Å²) in [6.07, 6.45) is 4.03. The number of nitrogens with one attached hydrogen (secondary N) is 2. The summed E-state index contributed by atoms with van der Waals surface area (Å²) < 4.78 is 37.2. The van der Waals surface area contributed by atoms with Crippen LogP contribution in [0.5, 0.6) is 11.5 Å². The summed E-state index contributed by atoms with van der Waals surface area (Å²) in [6.45, 7) is 4.44. The highest BCUT2D eigenvalue weighted by Gasteiger charge is 2.21. The summed E-state index contributed by atoms with van der Waals surface area (Å²) in [4.78, 5) is 12.4. The molecule has 2 N–H and O–H groups in total. The van der Waals surface area contributed by atoms with Crippen molar-refractivity contribution in [2.45, 2.75) is 31.3 Å². The molecule has 0 saturated heterocycles. The first kappa shape index (κ1) is 20.9. The maximum Gasteiger partial charge on any atom is 0.248 e. The van der Waals surface area contributed by atoms with Gasteiger partial charge in [0.2, 0.25) is 15.9 Å². The summed E-state index contributed by atoms with van der Waals surface area (Å²) in [7, 11) is -2.17. The molecule has 1 amide bonds. The van der Waals surface area contributed by atoms with Crippen molar-refractivity contribution in [1.82, 2.24) is 4.72 Å².